The van der Waals surface area contributed by atoms with Gasteiger partial charge >= 0.3 is 0 Å². The minimum absolute atomic E-state index is 0.0119. The maximum atomic E-state index is 12.2. The van der Waals surface area contributed by atoms with Crippen molar-refractivity contribution < 1.29 is 0 Å². The second-order valence-electron chi connectivity index (χ2n) is 6.29. The van der Waals surface area contributed by atoms with Crippen molar-refractivity contribution in [1.82, 2.24) is 9.88 Å². The highest BCUT2D eigenvalue weighted by molar-refractivity contribution is 5.83. The lowest BCUT2D eigenvalue weighted by Crippen LogP contribution is -2.40. The monoisotopic (exact) mass is 285 g/mol. The topological polar surface area (TPSA) is 39.3 Å². The van der Waals surface area contributed by atoms with Gasteiger partial charge in [0, 0.05) is 25.0 Å². The lowest BCUT2D eigenvalue weighted by molar-refractivity contribution is 0.291. The van der Waals surface area contributed by atoms with Gasteiger partial charge in [0.15, 0.2) is 0 Å². The number of hydrogen-bond acceptors (Lipinski definition) is 3. The number of fused-ring (bicyclic) bond motifs is 1. The summed E-state index contributed by atoms with van der Waals surface area (Å²) in [6.45, 7) is 3.15. The number of nitrogens with one attached hydrogen (secondary N) is 1. The molecule has 1 aromatic carbocycles. The first-order chi connectivity index (χ1) is 10.1. The first-order valence-electron chi connectivity index (χ1n) is 7.65. The Bertz CT molecular complexity index is 677. The van der Waals surface area contributed by atoms with Crippen LogP contribution in [-0.4, -0.2) is 43.6 Å². The Morgan fingerprint density at radius 3 is 2.95 bits per heavy atom. The predicted molar refractivity (Wildman–Crippen MR) is 88.1 cm³/mol. The van der Waals surface area contributed by atoms with Crippen LogP contribution in [0.25, 0.3) is 10.8 Å². The van der Waals surface area contributed by atoms with Crippen LogP contribution in [0.15, 0.2) is 35.1 Å². The zero-order valence-electron chi connectivity index (χ0n) is 12.8. The van der Waals surface area contributed by atoms with Crippen molar-refractivity contribution in [2.24, 2.45) is 5.92 Å². The van der Waals surface area contributed by atoms with Crippen LogP contribution in [0.5, 0.6) is 0 Å². The maximum Gasteiger partial charge on any atom is 0.257 e. The van der Waals surface area contributed by atoms with E-state index in [0.717, 1.165) is 36.2 Å². The molecule has 4 nitrogen and oxygen atoms in total. The van der Waals surface area contributed by atoms with Crippen LogP contribution in [0.1, 0.15) is 12.8 Å². The van der Waals surface area contributed by atoms with Gasteiger partial charge in [-0.05, 0) is 50.4 Å². The normalized spacial score (nSPS) is 19.4. The predicted octanol–water partition coefficient (Wildman–Crippen LogP) is 2.31. The minimum Gasteiger partial charge on any atom is -0.358 e. The number of anilines is 1. The molecule has 2 aromatic rings. The lowest BCUT2D eigenvalue weighted by atomic mass is 9.97. The van der Waals surface area contributed by atoms with Gasteiger partial charge in [0.1, 0.15) is 5.82 Å². The van der Waals surface area contributed by atoms with Gasteiger partial charge in [0.25, 0.3) is 5.56 Å². The number of benzene rings is 1. The van der Waals surface area contributed by atoms with Crippen molar-refractivity contribution in [1.29, 1.82) is 0 Å². The van der Waals surface area contributed by atoms with E-state index in [4.69, 9.17) is 0 Å². The van der Waals surface area contributed by atoms with Gasteiger partial charge in [0.05, 0.1) is 0 Å². The van der Waals surface area contributed by atoms with Crippen LogP contribution in [0.3, 0.4) is 0 Å². The zero-order chi connectivity index (χ0) is 14.8. The van der Waals surface area contributed by atoms with E-state index in [9.17, 15) is 4.79 Å². The number of pyridine rings is 1. The number of aromatic amines is 1. The fourth-order valence-electron chi connectivity index (χ4n) is 3.32. The van der Waals surface area contributed by atoms with Gasteiger partial charge < -0.3 is 14.8 Å². The van der Waals surface area contributed by atoms with Crippen LogP contribution in [0.4, 0.5) is 5.82 Å². The molecule has 1 saturated heterocycles. The van der Waals surface area contributed by atoms with E-state index >= 15 is 0 Å². The van der Waals surface area contributed by atoms with Gasteiger partial charge in [0.2, 0.25) is 0 Å². The molecule has 1 atom stereocenters. The van der Waals surface area contributed by atoms with E-state index in [1.165, 1.54) is 12.8 Å². The summed E-state index contributed by atoms with van der Waals surface area (Å²) in [5.74, 6) is 1.63. The Kier molecular flexibility index (Phi) is 3.97. The number of hydrogen-bond donors (Lipinski definition) is 1. The Hall–Kier alpha value is -1.81. The standard InChI is InChI=1S/C17H23N3O/c1-19(2)11-13-6-5-9-20(12-13)16-10-14-7-3-4-8-15(14)17(21)18-16/h3-4,7-8,10,13H,5-6,9,11-12H2,1-2H3,(H,18,21). The van der Waals surface area contributed by atoms with E-state index in [2.05, 4.69) is 34.9 Å². The van der Waals surface area contributed by atoms with Crippen LogP contribution in [0.2, 0.25) is 0 Å². The van der Waals surface area contributed by atoms with Gasteiger partial charge in [-0.3, -0.25) is 4.79 Å². The summed E-state index contributed by atoms with van der Waals surface area (Å²) >= 11 is 0. The Labute approximate surface area is 125 Å². The summed E-state index contributed by atoms with van der Waals surface area (Å²) in [5, 5.41) is 1.79. The highest BCUT2D eigenvalue weighted by atomic mass is 16.1. The molecule has 4 heteroatoms. The van der Waals surface area contributed by atoms with Crippen LogP contribution >= 0.6 is 0 Å². The SMILES string of the molecule is CN(C)CC1CCCN(c2cc3ccccc3c(=O)[nH]2)C1. The van der Waals surface area contributed by atoms with Crippen molar-refractivity contribution in [3.63, 3.8) is 0 Å². The Balaban J connectivity index is 1.87. The van der Waals surface area contributed by atoms with Crippen molar-refractivity contribution >= 4 is 16.6 Å². The van der Waals surface area contributed by atoms with Crippen molar-refractivity contribution in [3.8, 4) is 0 Å². The largest absolute Gasteiger partial charge is 0.358 e. The second kappa shape index (κ2) is 5.90. The molecular weight excluding hydrogens is 262 g/mol. The smallest absolute Gasteiger partial charge is 0.257 e. The third-order valence-electron chi connectivity index (χ3n) is 4.22. The van der Waals surface area contributed by atoms with Gasteiger partial charge in [-0.2, -0.15) is 0 Å². The first kappa shape index (κ1) is 14.1. The summed E-state index contributed by atoms with van der Waals surface area (Å²) in [5.41, 5.74) is 0.0119. The molecule has 1 N–H and O–H groups in total. The minimum atomic E-state index is 0.0119. The second-order valence-corrected chi connectivity index (χ2v) is 6.29. The number of rotatable bonds is 3. The molecule has 0 amide bonds. The van der Waals surface area contributed by atoms with E-state index in [1.807, 2.05) is 24.3 Å². The fourth-order valence-corrected chi connectivity index (χ4v) is 3.32. The van der Waals surface area contributed by atoms with E-state index in [1.54, 1.807) is 0 Å². The van der Waals surface area contributed by atoms with Crippen LogP contribution in [0, 0.1) is 5.92 Å². The van der Waals surface area contributed by atoms with E-state index < -0.39 is 0 Å². The highest BCUT2D eigenvalue weighted by Gasteiger charge is 2.21. The van der Waals surface area contributed by atoms with Crippen molar-refractivity contribution in [3.05, 3.63) is 40.7 Å². The molecule has 1 unspecified atom stereocenters. The Morgan fingerprint density at radius 1 is 1.33 bits per heavy atom. The summed E-state index contributed by atoms with van der Waals surface area (Å²) in [6.07, 6.45) is 2.46. The molecule has 112 valence electrons. The summed E-state index contributed by atoms with van der Waals surface area (Å²) in [6, 6.07) is 9.88. The molecule has 1 aromatic heterocycles. The highest BCUT2D eigenvalue weighted by Crippen LogP contribution is 2.23. The van der Waals surface area contributed by atoms with E-state index in [-0.39, 0.29) is 5.56 Å². The molecule has 0 aliphatic carbocycles. The quantitative estimate of drug-likeness (QED) is 0.940. The van der Waals surface area contributed by atoms with E-state index in [0.29, 0.717) is 5.92 Å². The average Bonchev–Trinajstić information content (AvgIpc) is 2.47. The molecule has 2 heterocycles. The first-order valence-corrected chi connectivity index (χ1v) is 7.65. The molecular formula is C17H23N3O. The number of piperidine rings is 1. The zero-order valence-corrected chi connectivity index (χ0v) is 12.8. The number of aromatic nitrogens is 1. The van der Waals surface area contributed by atoms with Crippen LogP contribution < -0.4 is 10.5 Å². The molecule has 0 spiro atoms. The molecule has 21 heavy (non-hydrogen) atoms. The van der Waals surface area contributed by atoms with Crippen molar-refractivity contribution in [2.75, 3.05) is 38.6 Å². The lowest BCUT2D eigenvalue weighted by Gasteiger charge is -2.35. The van der Waals surface area contributed by atoms with Gasteiger partial charge in [-0.15, -0.1) is 0 Å². The summed E-state index contributed by atoms with van der Waals surface area (Å²) in [7, 11) is 4.24. The molecule has 0 saturated carbocycles. The summed E-state index contributed by atoms with van der Waals surface area (Å²) < 4.78 is 0. The summed E-state index contributed by atoms with van der Waals surface area (Å²) in [4.78, 5) is 19.8. The number of nitrogens with zero attached hydrogens (tertiary/aromatic N) is 2. The third-order valence-corrected chi connectivity index (χ3v) is 4.22. The fraction of sp³-hybridized carbons (Fsp3) is 0.471. The molecule has 1 aliphatic rings. The average molecular weight is 285 g/mol. The molecule has 1 aliphatic heterocycles. The molecule has 1 fully saturated rings. The Morgan fingerprint density at radius 2 is 2.14 bits per heavy atom. The maximum absolute atomic E-state index is 12.2. The van der Waals surface area contributed by atoms with Gasteiger partial charge in [-0.25, -0.2) is 0 Å². The molecule has 0 bridgehead atoms. The molecule has 3 rings (SSSR count). The van der Waals surface area contributed by atoms with Crippen molar-refractivity contribution in [2.45, 2.75) is 12.8 Å². The molecule has 0 radical (unpaired) electrons. The van der Waals surface area contributed by atoms with Gasteiger partial charge in [-0.1, -0.05) is 18.2 Å². The van der Waals surface area contributed by atoms with Crippen LogP contribution in [-0.2, 0) is 0 Å². The third kappa shape index (κ3) is 3.10. The number of H-pyrrole nitrogens is 1.